The highest BCUT2D eigenvalue weighted by atomic mass is 32.2. The quantitative estimate of drug-likeness (QED) is 0.147. The van der Waals surface area contributed by atoms with Crippen molar-refractivity contribution in [2.24, 2.45) is 5.16 Å². The van der Waals surface area contributed by atoms with Gasteiger partial charge in [-0.25, -0.2) is 4.57 Å². The number of aliphatic carboxylic acids is 1. The van der Waals surface area contributed by atoms with Crippen LogP contribution in [0.4, 0.5) is 6.01 Å². The van der Waals surface area contributed by atoms with E-state index in [9.17, 15) is 24.6 Å². The second kappa shape index (κ2) is 9.46. The van der Waals surface area contributed by atoms with E-state index < -0.39 is 29.2 Å². The lowest BCUT2D eigenvalue weighted by Crippen LogP contribution is -2.71. The monoisotopic (exact) mass is 524 g/mol. The highest BCUT2D eigenvalue weighted by Gasteiger charge is 2.53. The lowest BCUT2D eigenvalue weighted by molar-refractivity contribution is -0.687. The molecule has 14 heteroatoms. The van der Waals surface area contributed by atoms with Crippen molar-refractivity contribution in [2.75, 3.05) is 18.6 Å². The Kier molecular flexibility index (Phi) is 6.17. The molecule has 1 unspecified atom stereocenters. The number of anilines is 1. The predicted molar refractivity (Wildman–Crippen MR) is 127 cm³/mol. The summed E-state index contributed by atoms with van der Waals surface area (Å²) < 4.78 is 6.67. The van der Waals surface area contributed by atoms with Crippen LogP contribution in [0, 0.1) is 0 Å². The number of aromatic nitrogens is 2. The number of thioether (sulfide) groups is 1. The molecule has 190 valence electrons. The molecule has 2 aliphatic rings. The van der Waals surface area contributed by atoms with Gasteiger partial charge in [0.1, 0.15) is 36.2 Å². The number of fused-ring (bicyclic) bond motifs is 2. The fourth-order valence-corrected chi connectivity index (χ4v) is 5.61. The summed E-state index contributed by atoms with van der Waals surface area (Å²) in [5, 5.41) is 29.1. The summed E-state index contributed by atoms with van der Waals surface area (Å²) in [7, 11) is 1.23. The molecule has 13 nitrogen and oxygen atoms in total. The van der Waals surface area contributed by atoms with Gasteiger partial charge in [0.2, 0.25) is 0 Å². The number of aromatic hydroxyl groups is 1. The van der Waals surface area contributed by atoms with Gasteiger partial charge in [0.05, 0.1) is 11.7 Å². The van der Waals surface area contributed by atoms with Gasteiger partial charge in [-0.05, 0) is 12.1 Å². The predicted octanol–water partition coefficient (Wildman–Crippen LogP) is -1.14. The summed E-state index contributed by atoms with van der Waals surface area (Å²) in [6.07, 6.45) is 4.61. The number of hydrogen-bond donors (Lipinski definition) is 3. The Hall–Kier alpha value is -4.59. The SMILES string of the molecule is CON=C(C(=O)NC1C(=O)N2C(C(=O)[O-])=C(C[n+]3ccc4c(O)cccc4c3)CS[C@@H]12)c1coc(N)n1. The molecule has 0 radical (unpaired) electrons. The third-order valence-corrected chi connectivity index (χ3v) is 7.26. The topological polar surface area (TPSA) is 187 Å². The van der Waals surface area contributed by atoms with E-state index in [1.165, 1.54) is 18.9 Å². The molecule has 1 fully saturated rings. The largest absolute Gasteiger partial charge is 0.543 e. The number of phenolic OH excluding ortho intramolecular Hbond substituents is 1. The molecule has 0 bridgehead atoms. The molecular weight excluding hydrogens is 504 g/mol. The Labute approximate surface area is 213 Å². The van der Waals surface area contributed by atoms with Crippen LogP contribution in [0.1, 0.15) is 5.69 Å². The fourth-order valence-electron chi connectivity index (χ4n) is 4.27. The lowest BCUT2D eigenvalue weighted by Gasteiger charge is -2.50. The first kappa shape index (κ1) is 24.1. The molecule has 1 saturated heterocycles. The van der Waals surface area contributed by atoms with Crippen LogP contribution in [-0.4, -0.2) is 62.8 Å². The van der Waals surface area contributed by atoms with Gasteiger partial charge in [-0.3, -0.25) is 14.5 Å². The highest BCUT2D eigenvalue weighted by molar-refractivity contribution is 8.00. The number of pyridine rings is 1. The van der Waals surface area contributed by atoms with Crippen molar-refractivity contribution in [1.29, 1.82) is 0 Å². The second-order valence-corrected chi connectivity index (χ2v) is 9.30. The molecule has 2 amide bonds. The Morgan fingerprint density at radius 3 is 2.95 bits per heavy atom. The number of amides is 2. The fraction of sp³-hybridized carbons (Fsp3) is 0.217. The molecule has 2 aliphatic heterocycles. The van der Waals surface area contributed by atoms with Gasteiger partial charge in [-0.2, -0.15) is 4.98 Å². The summed E-state index contributed by atoms with van der Waals surface area (Å²) >= 11 is 1.31. The van der Waals surface area contributed by atoms with E-state index >= 15 is 0 Å². The highest BCUT2D eigenvalue weighted by Crippen LogP contribution is 2.40. The molecule has 2 atom stereocenters. The van der Waals surface area contributed by atoms with Crippen LogP contribution in [0.2, 0.25) is 0 Å². The molecule has 3 aromatic rings. The van der Waals surface area contributed by atoms with Crippen LogP contribution in [0.25, 0.3) is 10.8 Å². The number of oxime groups is 1. The van der Waals surface area contributed by atoms with Crippen LogP contribution in [0.5, 0.6) is 5.75 Å². The van der Waals surface area contributed by atoms with Crippen LogP contribution in [0.3, 0.4) is 0 Å². The zero-order valence-electron chi connectivity index (χ0n) is 19.3. The van der Waals surface area contributed by atoms with Crippen molar-refractivity contribution >= 4 is 52.0 Å². The minimum Gasteiger partial charge on any atom is -0.543 e. The van der Waals surface area contributed by atoms with Crippen molar-refractivity contribution in [2.45, 2.75) is 18.0 Å². The van der Waals surface area contributed by atoms with E-state index in [1.807, 2.05) is 6.07 Å². The number of nitrogens with zero attached hydrogens (tertiary/aromatic N) is 4. The van der Waals surface area contributed by atoms with Crippen LogP contribution < -0.4 is 20.7 Å². The smallest absolute Gasteiger partial charge is 0.292 e. The molecule has 1 aromatic carbocycles. The number of nitrogen functional groups attached to an aromatic ring is 1. The van der Waals surface area contributed by atoms with Crippen molar-refractivity contribution in [3.63, 3.8) is 0 Å². The third-order valence-electron chi connectivity index (χ3n) is 5.92. The van der Waals surface area contributed by atoms with Crippen molar-refractivity contribution in [3.8, 4) is 5.75 Å². The van der Waals surface area contributed by atoms with E-state index in [0.29, 0.717) is 11.0 Å². The number of β-lactam (4-membered cyclic amide) rings is 1. The third kappa shape index (κ3) is 4.31. The normalized spacial score (nSPS) is 19.4. The Morgan fingerprint density at radius 2 is 2.24 bits per heavy atom. The number of rotatable bonds is 7. The zero-order chi connectivity index (χ0) is 26.3. The lowest BCUT2D eigenvalue weighted by atomic mass is 10.0. The van der Waals surface area contributed by atoms with Gasteiger partial charge in [0.15, 0.2) is 24.7 Å². The van der Waals surface area contributed by atoms with E-state index in [2.05, 4.69) is 15.5 Å². The first-order valence-corrected chi connectivity index (χ1v) is 12.0. The minimum atomic E-state index is -1.49. The zero-order valence-corrected chi connectivity index (χ0v) is 20.1. The Bertz CT molecular complexity index is 1500. The Morgan fingerprint density at radius 1 is 1.43 bits per heavy atom. The summed E-state index contributed by atoms with van der Waals surface area (Å²) in [4.78, 5) is 47.6. The first-order valence-electron chi connectivity index (χ1n) is 10.9. The maximum Gasteiger partial charge on any atom is 0.292 e. The number of carboxylic acid groups (broad SMARTS) is 1. The molecule has 0 aliphatic carbocycles. The number of oxazole rings is 1. The number of carbonyl (C=O) groups is 3. The minimum absolute atomic E-state index is 0.00936. The van der Waals surface area contributed by atoms with Gasteiger partial charge in [0.25, 0.3) is 17.8 Å². The molecule has 37 heavy (non-hydrogen) atoms. The van der Waals surface area contributed by atoms with Gasteiger partial charge in [-0.1, -0.05) is 11.2 Å². The van der Waals surface area contributed by atoms with Crippen LogP contribution >= 0.6 is 11.8 Å². The van der Waals surface area contributed by atoms with E-state index in [0.717, 1.165) is 16.5 Å². The second-order valence-electron chi connectivity index (χ2n) is 8.19. The Balaban J connectivity index is 1.36. The van der Waals surface area contributed by atoms with E-state index in [-0.39, 0.29) is 41.2 Å². The van der Waals surface area contributed by atoms with Crippen LogP contribution in [-0.2, 0) is 25.8 Å². The number of carboxylic acids is 1. The van der Waals surface area contributed by atoms with Crippen molar-refractivity contribution < 1.29 is 38.4 Å². The van der Waals surface area contributed by atoms with Gasteiger partial charge >= 0.3 is 0 Å². The average Bonchev–Trinajstić information content (AvgIpc) is 3.31. The van der Waals surface area contributed by atoms with Gasteiger partial charge < -0.3 is 35.3 Å². The van der Waals surface area contributed by atoms with E-state index in [1.54, 1.807) is 35.2 Å². The van der Waals surface area contributed by atoms with E-state index in [4.69, 9.17) is 15.0 Å². The molecule has 0 saturated carbocycles. The number of phenols is 1. The first-order chi connectivity index (χ1) is 17.8. The molecule has 2 aromatic heterocycles. The van der Waals surface area contributed by atoms with Crippen molar-refractivity contribution in [1.82, 2.24) is 15.2 Å². The number of hydrogen-bond acceptors (Lipinski definition) is 11. The van der Waals surface area contributed by atoms with Crippen LogP contribution in [0.15, 0.2) is 63.8 Å². The maximum absolute atomic E-state index is 13.0. The van der Waals surface area contributed by atoms with Gasteiger partial charge in [0, 0.05) is 28.2 Å². The number of nitrogens with one attached hydrogen (secondary N) is 1. The number of nitrogens with two attached hydrogens (primary N) is 1. The molecular formula is C23H20N6O7S. The molecule has 4 heterocycles. The maximum atomic E-state index is 13.0. The molecule has 4 N–H and O–H groups in total. The number of benzene rings is 1. The molecule has 5 rings (SSSR count). The summed E-state index contributed by atoms with van der Waals surface area (Å²) in [6, 6.07) is 5.66. The summed E-state index contributed by atoms with van der Waals surface area (Å²) in [5.74, 6) is -2.44. The summed E-state index contributed by atoms with van der Waals surface area (Å²) in [6.45, 7) is 0.188. The standard InChI is InChI=1S/C23H20N6O7S/c1-35-27-16(14-9-36-23(24)25-14)19(31)26-17-20(32)29-18(22(33)34)12(10-37-21(17)29)8-28-6-5-13-11(7-28)3-2-4-15(13)30/h2-7,9,17,21H,8,10H2,1H3,(H4-,24,25,26,30,31,33,34)/t17?,21-/m0/s1. The molecule has 0 spiro atoms. The van der Waals surface area contributed by atoms with Crippen molar-refractivity contribution in [3.05, 3.63) is 59.9 Å². The summed E-state index contributed by atoms with van der Waals surface area (Å²) in [5.41, 5.74) is 5.46. The number of carbonyl (C=O) groups excluding carboxylic acids is 3. The van der Waals surface area contributed by atoms with Gasteiger partial charge in [-0.15, -0.1) is 11.8 Å². The average molecular weight is 525 g/mol.